The number of rotatable bonds is 6. The number of likely N-dealkylation sites (N-methyl/N-ethyl adjacent to an activating group) is 1. The Bertz CT molecular complexity index is 334. The van der Waals surface area contributed by atoms with Crippen molar-refractivity contribution in [2.24, 2.45) is 0 Å². The fourth-order valence-electron chi connectivity index (χ4n) is 1.33. The number of halogens is 1. The largest absolute Gasteiger partial charge is 0.310 e. The van der Waals surface area contributed by atoms with E-state index in [4.69, 9.17) is 0 Å². The smallest absolute Gasteiger partial charge is 0.123 e. The van der Waals surface area contributed by atoms with Crippen molar-refractivity contribution in [2.75, 3.05) is 12.3 Å². The molecule has 1 aromatic carbocycles. The van der Waals surface area contributed by atoms with Gasteiger partial charge in [-0.1, -0.05) is 19.1 Å². The van der Waals surface area contributed by atoms with Crippen molar-refractivity contribution < 1.29 is 4.39 Å². The highest BCUT2D eigenvalue weighted by molar-refractivity contribution is 7.99. The van der Waals surface area contributed by atoms with Gasteiger partial charge in [-0.05, 0) is 37.7 Å². The van der Waals surface area contributed by atoms with E-state index in [0.717, 1.165) is 22.8 Å². The molecule has 0 bridgehead atoms. The summed E-state index contributed by atoms with van der Waals surface area (Å²) in [7, 11) is 0. The van der Waals surface area contributed by atoms with Gasteiger partial charge in [0.1, 0.15) is 5.82 Å². The Morgan fingerprint density at radius 3 is 2.56 bits per heavy atom. The average Bonchev–Trinajstić information content (AvgIpc) is 2.26. The standard InChI is InChI=1S/C13H18FNS/c1-4-15-13(10(2)3)9-16-12-7-5-11(14)6-8-12/h5-8,13,15H,2,4,9H2,1,3H3. The highest BCUT2D eigenvalue weighted by Crippen LogP contribution is 2.20. The van der Waals surface area contributed by atoms with Crippen LogP contribution in [0.15, 0.2) is 41.3 Å². The fraction of sp³-hybridized carbons (Fsp3) is 0.385. The van der Waals surface area contributed by atoms with Crippen molar-refractivity contribution in [1.82, 2.24) is 5.32 Å². The van der Waals surface area contributed by atoms with Crippen LogP contribution in [-0.4, -0.2) is 18.3 Å². The average molecular weight is 239 g/mol. The first-order valence-corrected chi connectivity index (χ1v) is 6.39. The normalized spacial score (nSPS) is 12.4. The summed E-state index contributed by atoms with van der Waals surface area (Å²) in [6.45, 7) is 9.00. The lowest BCUT2D eigenvalue weighted by molar-refractivity contribution is 0.626. The summed E-state index contributed by atoms with van der Waals surface area (Å²) in [5.41, 5.74) is 1.14. The molecule has 1 aromatic rings. The number of hydrogen-bond acceptors (Lipinski definition) is 2. The van der Waals surface area contributed by atoms with E-state index in [0.29, 0.717) is 6.04 Å². The van der Waals surface area contributed by atoms with Crippen molar-refractivity contribution >= 4 is 11.8 Å². The minimum atomic E-state index is -0.188. The molecule has 16 heavy (non-hydrogen) atoms. The third kappa shape index (κ3) is 4.37. The van der Waals surface area contributed by atoms with E-state index in [1.54, 1.807) is 23.9 Å². The van der Waals surface area contributed by atoms with Gasteiger partial charge in [-0.15, -0.1) is 11.8 Å². The molecule has 3 heteroatoms. The van der Waals surface area contributed by atoms with Gasteiger partial charge >= 0.3 is 0 Å². The molecular formula is C13H18FNS. The first-order chi connectivity index (χ1) is 7.63. The Labute approximate surface area is 101 Å². The van der Waals surface area contributed by atoms with Crippen LogP contribution in [0.4, 0.5) is 4.39 Å². The summed E-state index contributed by atoms with van der Waals surface area (Å²) in [6.07, 6.45) is 0. The van der Waals surface area contributed by atoms with E-state index >= 15 is 0 Å². The van der Waals surface area contributed by atoms with Gasteiger partial charge in [-0.2, -0.15) is 0 Å². The second kappa shape index (κ2) is 6.71. The van der Waals surface area contributed by atoms with Crippen LogP contribution in [0.3, 0.4) is 0 Å². The highest BCUT2D eigenvalue weighted by Gasteiger charge is 2.08. The monoisotopic (exact) mass is 239 g/mol. The molecule has 1 rings (SSSR count). The van der Waals surface area contributed by atoms with Crippen LogP contribution in [0.25, 0.3) is 0 Å². The van der Waals surface area contributed by atoms with Gasteiger partial charge < -0.3 is 5.32 Å². The van der Waals surface area contributed by atoms with Crippen molar-refractivity contribution in [3.05, 3.63) is 42.2 Å². The van der Waals surface area contributed by atoms with Gasteiger partial charge in [0, 0.05) is 16.7 Å². The van der Waals surface area contributed by atoms with E-state index in [1.807, 2.05) is 6.92 Å². The first kappa shape index (κ1) is 13.3. The van der Waals surface area contributed by atoms with Gasteiger partial charge in [0.15, 0.2) is 0 Å². The molecule has 0 aromatic heterocycles. The van der Waals surface area contributed by atoms with Crippen LogP contribution < -0.4 is 5.32 Å². The molecule has 0 aliphatic rings. The van der Waals surface area contributed by atoms with E-state index < -0.39 is 0 Å². The second-order valence-electron chi connectivity index (χ2n) is 3.72. The van der Waals surface area contributed by atoms with E-state index in [-0.39, 0.29) is 5.82 Å². The first-order valence-electron chi connectivity index (χ1n) is 5.40. The van der Waals surface area contributed by atoms with Crippen LogP contribution in [0.2, 0.25) is 0 Å². The molecule has 0 amide bonds. The lowest BCUT2D eigenvalue weighted by atomic mass is 10.2. The van der Waals surface area contributed by atoms with Crippen molar-refractivity contribution in [3.8, 4) is 0 Å². The lowest BCUT2D eigenvalue weighted by Crippen LogP contribution is -2.31. The molecule has 1 N–H and O–H groups in total. The van der Waals surface area contributed by atoms with Crippen LogP contribution in [0.5, 0.6) is 0 Å². The number of thioether (sulfide) groups is 1. The molecule has 0 heterocycles. The van der Waals surface area contributed by atoms with Crippen LogP contribution in [0, 0.1) is 5.82 Å². The zero-order valence-electron chi connectivity index (χ0n) is 9.79. The maximum Gasteiger partial charge on any atom is 0.123 e. The molecule has 0 saturated carbocycles. The number of hydrogen-bond donors (Lipinski definition) is 1. The predicted octanol–water partition coefficient (Wildman–Crippen LogP) is 3.47. The van der Waals surface area contributed by atoms with E-state index in [9.17, 15) is 4.39 Å². The molecule has 0 radical (unpaired) electrons. The SMILES string of the molecule is C=C(C)C(CSc1ccc(F)cc1)NCC. The molecule has 0 saturated heterocycles. The Morgan fingerprint density at radius 2 is 2.06 bits per heavy atom. The van der Waals surface area contributed by atoms with Gasteiger partial charge in [0.05, 0.1) is 0 Å². The third-order valence-corrected chi connectivity index (χ3v) is 3.38. The van der Waals surface area contributed by atoms with Gasteiger partial charge in [-0.3, -0.25) is 0 Å². The summed E-state index contributed by atoms with van der Waals surface area (Å²) >= 11 is 1.72. The maximum atomic E-state index is 12.7. The van der Waals surface area contributed by atoms with Crippen LogP contribution in [-0.2, 0) is 0 Å². The van der Waals surface area contributed by atoms with Crippen LogP contribution in [0.1, 0.15) is 13.8 Å². The van der Waals surface area contributed by atoms with Crippen molar-refractivity contribution in [2.45, 2.75) is 24.8 Å². The summed E-state index contributed by atoms with van der Waals surface area (Å²) in [4.78, 5) is 1.09. The maximum absolute atomic E-state index is 12.7. The summed E-state index contributed by atoms with van der Waals surface area (Å²) in [6, 6.07) is 6.92. The molecule has 1 nitrogen and oxygen atoms in total. The minimum absolute atomic E-state index is 0.188. The Balaban J connectivity index is 2.48. The molecular weight excluding hydrogens is 221 g/mol. The minimum Gasteiger partial charge on any atom is -0.310 e. The Kier molecular flexibility index (Phi) is 5.56. The number of benzene rings is 1. The Hall–Kier alpha value is -0.800. The summed E-state index contributed by atoms with van der Waals surface area (Å²) in [5.74, 6) is 0.738. The molecule has 1 atom stereocenters. The van der Waals surface area contributed by atoms with Crippen molar-refractivity contribution in [1.29, 1.82) is 0 Å². The zero-order valence-corrected chi connectivity index (χ0v) is 10.6. The predicted molar refractivity (Wildman–Crippen MR) is 69.4 cm³/mol. The van der Waals surface area contributed by atoms with E-state index in [2.05, 4.69) is 18.8 Å². The summed E-state index contributed by atoms with van der Waals surface area (Å²) < 4.78 is 12.7. The fourth-order valence-corrected chi connectivity index (χ4v) is 2.42. The lowest BCUT2D eigenvalue weighted by Gasteiger charge is -2.17. The van der Waals surface area contributed by atoms with Crippen LogP contribution >= 0.6 is 11.8 Å². The third-order valence-electron chi connectivity index (χ3n) is 2.28. The van der Waals surface area contributed by atoms with Gasteiger partial charge in [0.2, 0.25) is 0 Å². The molecule has 0 fully saturated rings. The molecule has 0 aliphatic heterocycles. The molecule has 0 spiro atoms. The molecule has 88 valence electrons. The quantitative estimate of drug-likeness (QED) is 0.602. The summed E-state index contributed by atoms with van der Waals surface area (Å²) in [5, 5.41) is 3.37. The molecule has 0 aliphatic carbocycles. The second-order valence-corrected chi connectivity index (χ2v) is 4.81. The number of nitrogens with one attached hydrogen (secondary N) is 1. The topological polar surface area (TPSA) is 12.0 Å². The van der Waals surface area contributed by atoms with Crippen molar-refractivity contribution in [3.63, 3.8) is 0 Å². The Morgan fingerprint density at radius 1 is 1.44 bits per heavy atom. The van der Waals surface area contributed by atoms with Gasteiger partial charge in [0.25, 0.3) is 0 Å². The van der Waals surface area contributed by atoms with E-state index in [1.165, 1.54) is 12.1 Å². The highest BCUT2D eigenvalue weighted by atomic mass is 32.2. The van der Waals surface area contributed by atoms with Gasteiger partial charge in [-0.25, -0.2) is 4.39 Å². The zero-order chi connectivity index (χ0) is 12.0. The molecule has 1 unspecified atom stereocenters.